The van der Waals surface area contributed by atoms with Crippen LogP contribution in [0.2, 0.25) is 0 Å². The van der Waals surface area contributed by atoms with Crippen LogP contribution in [-0.4, -0.2) is 41.4 Å². The smallest absolute Gasteiger partial charge is 0.251 e. The van der Waals surface area contributed by atoms with Gasteiger partial charge in [0.15, 0.2) is 0 Å². The number of amides is 2. The number of para-hydroxylation sites is 1. The highest BCUT2D eigenvalue weighted by molar-refractivity contribution is 9.10. The number of fused-ring (bicyclic) bond motifs is 3. The molecule has 2 aliphatic rings. The van der Waals surface area contributed by atoms with Crippen molar-refractivity contribution in [3.63, 3.8) is 0 Å². The molecule has 0 saturated carbocycles. The molecular weight excluding hydrogens is 434 g/mol. The monoisotopic (exact) mass is 453 g/mol. The fourth-order valence-electron chi connectivity index (χ4n) is 4.41. The predicted molar refractivity (Wildman–Crippen MR) is 114 cm³/mol. The fraction of sp³-hybridized carbons (Fsp3) is 0.273. The first kappa shape index (κ1) is 18.4. The Morgan fingerprint density at radius 1 is 1.17 bits per heavy atom. The van der Waals surface area contributed by atoms with Crippen LogP contribution in [0.25, 0.3) is 10.9 Å². The van der Waals surface area contributed by atoms with Crippen molar-refractivity contribution in [1.82, 2.24) is 9.88 Å². The van der Waals surface area contributed by atoms with Gasteiger partial charge in [-0.15, -0.1) is 0 Å². The first-order valence-corrected chi connectivity index (χ1v) is 10.4. The SMILES string of the molecule is COc1cccc(N2C(=O)CC(N3CCc4[nH]c5c(Br)cccc5c4C3)C2=O)c1. The summed E-state index contributed by atoms with van der Waals surface area (Å²) in [5.74, 6) is 0.298. The topological polar surface area (TPSA) is 65.6 Å². The normalized spacial score (nSPS) is 19.8. The number of halogens is 1. The van der Waals surface area contributed by atoms with Gasteiger partial charge in [-0.05, 0) is 39.7 Å². The molecule has 1 saturated heterocycles. The number of rotatable bonds is 3. The highest BCUT2D eigenvalue weighted by Crippen LogP contribution is 2.35. The number of imide groups is 1. The van der Waals surface area contributed by atoms with Crippen molar-refractivity contribution < 1.29 is 14.3 Å². The van der Waals surface area contributed by atoms with Crippen molar-refractivity contribution in [3.05, 3.63) is 58.2 Å². The van der Waals surface area contributed by atoms with Gasteiger partial charge >= 0.3 is 0 Å². The first-order valence-electron chi connectivity index (χ1n) is 9.59. The molecule has 3 aromatic rings. The van der Waals surface area contributed by atoms with Crippen molar-refractivity contribution in [2.75, 3.05) is 18.6 Å². The molecule has 1 aromatic heterocycles. The van der Waals surface area contributed by atoms with E-state index < -0.39 is 6.04 Å². The third-order valence-corrected chi connectivity index (χ3v) is 6.53. The van der Waals surface area contributed by atoms with E-state index in [0.29, 0.717) is 18.0 Å². The highest BCUT2D eigenvalue weighted by atomic mass is 79.9. The second-order valence-corrected chi connectivity index (χ2v) is 8.31. The Bertz CT molecular complexity index is 1140. The second kappa shape index (κ2) is 7.00. The highest BCUT2D eigenvalue weighted by Gasteiger charge is 2.43. The quantitative estimate of drug-likeness (QED) is 0.614. The van der Waals surface area contributed by atoms with Crippen LogP contribution in [0.1, 0.15) is 17.7 Å². The lowest BCUT2D eigenvalue weighted by atomic mass is 10.0. The molecule has 29 heavy (non-hydrogen) atoms. The van der Waals surface area contributed by atoms with Crippen LogP contribution < -0.4 is 9.64 Å². The Hall–Kier alpha value is -2.64. The molecule has 1 fully saturated rings. The van der Waals surface area contributed by atoms with E-state index in [1.165, 1.54) is 21.5 Å². The molecular formula is C22H20BrN3O3. The van der Waals surface area contributed by atoms with Crippen LogP contribution in [0.3, 0.4) is 0 Å². The predicted octanol–water partition coefficient (Wildman–Crippen LogP) is 3.63. The minimum absolute atomic E-state index is 0.160. The van der Waals surface area contributed by atoms with E-state index in [1.807, 2.05) is 12.1 Å². The summed E-state index contributed by atoms with van der Waals surface area (Å²) < 4.78 is 6.28. The molecule has 1 atom stereocenters. The summed E-state index contributed by atoms with van der Waals surface area (Å²) in [4.78, 5) is 32.9. The number of aromatic nitrogens is 1. The Labute approximate surface area is 176 Å². The number of anilines is 1. The summed E-state index contributed by atoms with van der Waals surface area (Å²) in [5, 5.41) is 1.17. The summed E-state index contributed by atoms with van der Waals surface area (Å²) in [6.45, 7) is 1.40. The largest absolute Gasteiger partial charge is 0.497 e. The fourth-order valence-corrected chi connectivity index (χ4v) is 4.88. The minimum atomic E-state index is -0.432. The lowest BCUT2D eigenvalue weighted by Crippen LogP contribution is -2.44. The van der Waals surface area contributed by atoms with Crippen molar-refractivity contribution in [3.8, 4) is 5.75 Å². The summed E-state index contributed by atoms with van der Waals surface area (Å²) in [6.07, 6.45) is 1.03. The van der Waals surface area contributed by atoms with Crippen molar-refractivity contribution in [2.45, 2.75) is 25.4 Å². The number of ether oxygens (including phenoxy) is 1. The average Bonchev–Trinajstić information content (AvgIpc) is 3.25. The molecule has 0 radical (unpaired) electrons. The van der Waals surface area contributed by atoms with E-state index in [1.54, 1.807) is 31.4 Å². The molecule has 5 rings (SSSR count). The molecule has 2 aromatic carbocycles. The van der Waals surface area contributed by atoms with E-state index in [-0.39, 0.29) is 18.2 Å². The third-order valence-electron chi connectivity index (χ3n) is 5.86. The zero-order chi connectivity index (χ0) is 20.1. The van der Waals surface area contributed by atoms with Gasteiger partial charge in [0.25, 0.3) is 5.91 Å². The summed E-state index contributed by atoms with van der Waals surface area (Å²) in [6, 6.07) is 12.8. The average molecular weight is 454 g/mol. The Kier molecular flexibility index (Phi) is 4.44. The van der Waals surface area contributed by atoms with Crippen LogP contribution in [0.15, 0.2) is 46.9 Å². The molecule has 2 aliphatic heterocycles. The lowest BCUT2D eigenvalue weighted by molar-refractivity contribution is -0.123. The summed E-state index contributed by atoms with van der Waals surface area (Å²) in [7, 11) is 1.57. The molecule has 6 nitrogen and oxygen atoms in total. The van der Waals surface area contributed by atoms with Crippen molar-refractivity contribution in [1.29, 1.82) is 0 Å². The van der Waals surface area contributed by atoms with Crippen LogP contribution in [0.5, 0.6) is 5.75 Å². The standard InChI is InChI=1S/C22H20BrN3O3/c1-29-14-5-2-4-13(10-14)26-20(27)11-19(22(26)28)25-9-8-18-16(12-25)15-6-3-7-17(23)21(15)24-18/h2-7,10,19,24H,8-9,11-12H2,1H3. The van der Waals surface area contributed by atoms with E-state index >= 15 is 0 Å². The molecule has 1 N–H and O–H groups in total. The van der Waals surface area contributed by atoms with Crippen molar-refractivity contribution in [2.24, 2.45) is 0 Å². The van der Waals surface area contributed by atoms with Crippen LogP contribution in [-0.2, 0) is 22.6 Å². The zero-order valence-corrected chi connectivity index (χ0v) is 17.5. The van der Waals surface area contributed by atoms with Crippen LogP contribution >= 0.6 is 15.9 Å². The Morgan fingerprint density at radius 2 is 2.00 bits per heavy atom. The van der Waals surface area contributed by atoms with Gasteiger partial charge < -0.3 is 9.72 Å². The number of nitrogens with zero attached hydrogens (tertiary/aromatic N) is 2. The van der Waals surface area contributed by atoms with Gasteiger partial charge in [0.2, 0.25) is 5.91 Å². The number of benzene rings is 2. The lowest BCUT2D eigenvalue weighted by Gasteiger charge is -2.31. The van der Waals surface area contributed by atoms with Crippen LogP contribution in [0, 0.1) is 0 Å². The van der Waals surface area contributed by atoms with Gasteiger partial charge in [-0.2, -0.15) is 0 Å². The molecule has 3 heterocycles. The third kappa shape index (κ3) is 2.96. The molecule has 2 amide bonds. The molecule has 148 valence electrons. The molecule has 7 heteroatoms. The Balaban J connectivity index is 1.44. The van der Waals surface area contributed by atoms with Gasteiger partial charge in [-0.1, -0.05) is 18.2 Å². The summed E-state index contributed by atoms with van der Waals surface area (Å²) in [5.41, 5.74) is 4.08. The van der Waals surface area contributed by atoms with Gasteiger partial charge in [-0.25, -0.2) is 4.90 Å². The maximum atomic E-state index is 13.2. The number of H-pyrrole nitrogens is 1. The molecule has 0 bridgehead atoms. The number of carbonyl (C=O) groups is 2. The maximum Gasteiger partial charge on any atom is 0.251 e. The van der Waals surface area contributed by atoms with Gasteiger partial charge in [-0.3, -0.25) is 14.5 Å². The zero-order valence-electron chi connectivity index (χ0n) is 15.9. The van der Waals surface area contributed by atoms with Crippen LogP contribution in [0.4, 0.5) is 5.69 Å². The van der Waals surface area contributed by atoms with E-state index in [2.05, 4.69) is 31.9 Å². The Morgan fingerprint density at radius 3 is 2.83 bits per heavy atom. The second-order valence-electron chi connectivity index (χ2n) is 7.45. The van der Waals surface area contributed by atoms with Gasteiger partial charge in [0, 0.05) is 41.1 Å². The summed E-state index contributed by atoms with van der Waals surface area (Å²) >= 11 is 3.61. The van der Waals surface area contributed by atoms with Gasteiger partial charge in [0.05, 0.1) is 30.8 Å². The van der Waals surface area contributed by atoms with E-state index in [0.717, 1.165) is 23.0 Å². The number of aromatic amines is 1. The van der Waals surface area contributed by atoms with E-state index in [4.69, 9.17) is 4.74 Å². The molecule has 0 aliphatic carbocycles. The van der Waals surface area contributed by atoms with Gasteiger partial charge in [0.1, 0.15) is 5.75 Å². The maximum absolute atomic E-state index is 13.2. The molecule has 0 spiro atoms. The number of carbonyl (C=O) groups excluding carboxylic acids is 2. The number of methoxy groups -OCH3 is 1. The van der Waals surface area contributed by atoms with E-state index in [9.17, 15) is 9.59 Å². The number of hydrogen-bond acceptors (Lipinski definition) is 4. The minimum Gasteiger partial charge on any atom is -0.497 e. The molecule has 1 unspecified atom stereocenters. The van der Waals surface area contributed by atoms with Crippen molar-refractivity contribution >= 4 is 44.3 Å². The first-order chi connectivity index (χ1) is 14.1. The number of hydrogen-bond donors (Lipinski definition) is 1. The number of nitrogens with one attached hydrogen (secondary N) is 1.